The van der Waals surface area contributed by atoms with Crippen molar-refractivity contribution < 1.29 is 8.91 Å². The Labute approximate surface area is 101 Å². The van der Waals surface area contributed by atoms with Crippen LogP contribution in [-0.4, -0.2) is 10.1 Å². The maximum absolute atomic E-state index is 13.3. The van der Waals surface area contributed by atoms with Crippen molar-refractivity contribution in [3.8, 4) is 11.5 Å². The molecule has 72 valence electrons. The van der Waals surface area contributed by atoms with Crippen molar-refractivity contribution in [3.63, 3.8) is 0 Å². The summed E-state index contributed by atoms with van der Waals surface area (Å²) >= 11 is 5.14. The van der Waals surface area contributed by atoms with E-state index in [0.29, 0.717) is 9.39 Å². The van der Waals surface area contributed by atoms with Gasteiger partial charge in [0.25, 0.3) is 5.89 Å². The van der Waals surface area contributed by atoms with Crippen LogP contribution in [0.1, 0.15) is 0 Å². The first-order valence-electron chi connectivity index (χ1n) is 3.61. The van der Waals surface area contributed by atoms with E-state index in [-0.39, 0.29) is 11.7 Å². The molecule has 0 atom stereocenters. The van der Waals surface area contributed by atoms with E-state index in [1.165, 1.54) is 6.07 Å². The van der Waals surface area contributed by atoms with Gasteiger partial charge in [-0.25, -0.2) is 4.39 Å². The van der Waals surface area contributed by atoms with E-state index < -0.39 is 0 Å². The lowest BCUT2D eigenvalue weighted by Gasteiger charge is -1.97. The third-order valence-corrected chi connectivity index (χ3v) is 2.49. The first-order chi connectivity index (χ1) is 6.66. The highest BCUT2D eigenvalue weighted by Crippen LogP contribution is 2.24. The quantitative estimate of drug-likeness (QED) is 0.725. The molecule has 0 aliphatic rings. The van der Waals surface area contributed by atoms with Crippen LogP contribution < -0.4 is 0 Å². The Bertz CT molecular complexity index is 474. The maximum Gasteiger partial charge on any atom is 0.261 e. The molecule has 0 unspecified atom stereocenters. The Morgan fingerprint density at radius 2 is 2.21 bits per heavy atom. The third-order valence-electron chi connectivity index (χ3n) is 1.56. The lowest BCUT2D eigenvalue weighted by molar-refractivity contribution is 0.423. The van der Waals surface area contributed by atoms with Crippen LogP contribution in [-0.2, 0) is 0 Å². The molecule has 0 N–H and O–H groups in total. The molecule has 0 bridgehead atoms. The van der Waals surface area contributed by atoms with Gasteiger partial charge in [0.2, 0.25) is 3.83 Å². The number of halogens is 3. The van der Waals surface area contributed by atoms with E-state index in [4.69, 9.17) is 4.52 Å². The normalized spacial score (nSPS) is 10.5. The SMILES string of the molecule is Fc1ccc(Br)cc1-c1nc(I)no1. The van der Waals surface area contributed by atoms with Gasteiger partial charge in [0.05, 0.1) is 5.56 Å². The highest BCUT2D eigenvalue weighted by molar-refractivity contribution is 14.1. The Kier molecular flexibility index (Phi) is 2.82. The third kappa shape index (κ3) is 1.95. The summed E-state index contributed by atoms with van der Waals surface area (Å²) in [6, 6.07) is 4.55. The minimum Gasteiger partial charge on any atom is -0.333 e. The largest absolute Gasteiger partial charge is 0.333 e. The van der Waals surface area contributed by atoms with E-state index in [1.54, 1.807) is 12.1 Å². The smallest absolute Gasteiger partial charge is 0.261 e. The van der Waals surface area contributed by atoms with Crippen molar-refractivity contribution in [1.82, 2.24) is 10.1 Å². The molecule has 0 saturated heterocycles. The molecular weight excluding hydrogens is 366 g/mol. The van der Waals surface area contributed by atoms with Gasteiger partial charge in [0, 0.05) is 27.1 Å². The molecule has 0 fully saturated rings. The first-order valence-corrected chi connectivity index (χ1v) is 5.48. The number of rotatable bonds is 1. The first kappa shape index (κ1) is 10.0. The molecule has 0 radical (unpaired) electrons. The Morgan fingerprint density at radius 1 is 1.43 bits per heavy atom. The molecule has 6 heteroatoms. The van der Waals surface area contributed by atoms with Crippen LogP contribution in [0.3, 0.4) is 0 Å². The van der Waals surface area contributed by atoms with Crippen LogP contribution in [0.2, 0.25) is 0 Å². The lowest BCUT2D eigenvalue weighted by Crippen LogP contribution is -1.84. The number of nitrogens with zero attached hydrogens (tertiary/aromatic N) is 2. The highest BCUT2D eigenvalue weighted by atomic mass is 127. The van der Waals surface area contributed by atoms with Crippen molar-refractivity contribution in [3.05, 3.63) is 32.3 Å². The van der Waals surface area contributed by atoms with Gasteiger partial charge in [-0.1, -0.05) is 21.1 Å². The summed E-state index contributed by atoms with van der Waals surface area (Å²) in [4.78, 5) is 3.93. The summed E-state index contributed by atoms with van der Waals surface area (Å²) in [6.45, 7) is 0. The molecule has 2 rings (SSSR count). The molecule has 0 spiro atoms. The molecule has 2 aromatic rings. The fraction of sp³-hybridized carbons (Fsp3) is 0. The fourth-order valence-electron chi connectivity index (χ4n) is 0.976. The standard InChI is InChI=1S/C8H3BrFIN2O/c9-4-1-2-6(10)5(3-4)7-12-8(11)13-14-7/h1-3H. The average molecular weight is 369 g/mol. The van der Waals surface area contributed by atoms with E-state index in [1.807, 2.05) is 22.6 Å². The van der Waals surface area contributed by atoms with Crippen LogP contribution in [0.15, 0.2) is 27.2 Å². The molecule has 0 aliphatic heterocycles. The Hall–Kier alpha value is -0.500. The minimum atomic E-state index is -0.381. The zero-order valence-electron chi connectivity index (χ0n) is 6.67. The van der Waals surface area contributed by atoms with Crippen molar-refractivity contribution >= 4 is 38.5 Å². The minimum absolute atomic E-state index is 0.188. The zero-order valence-corrected chi connectivity index (χ0v) is 10.4. The van der Waals surface area contributed by atoms with E-state index in [0.717, 1.165) is 4.47 Å². The number of hydrogen-bond donors (Lipinski definition) is 0. The monoisotopic (exact) mass is 368 g/mol. The maximum atomic E-state index is 13.3. The molecule has 0 aliphatic carbocycles. The summed E-state index contributed by atoms with van der Waals surface area (Å²) in [5, 5.41) is 3.58. The predicted octanol–water partition coefficient (Wildman–Crippen LogP) is 3.24. The highest BCUT2D eigenvalue weighted by Gasteiger charge is 2.12. The Morgan fingerprint density at radius 3 is 2.86 bits per heavy atom. The lowest BCUT2D eigenvalue weighted by atomic mass is 10.2. The number of hydrogen-bond acceptors (Lipinski definition) is 3. The second kappa shape index (κ2) is 3.93. The van der Waals surface area contributed by atoms with Gasteiger partial charge in [0.15, 0.2) is 0 Å². The number of aromatic nitrogens is 2. The van der Waals surface area contributed by atoms with Gasteiger partial charge >= 0.3 is 0 Å². The zero-order chi connectivity index (χ0) is 10.1. The summed E-state index contributed by atoms with van der Waals surface area (Å²) in [5.74, 6) is -0.193. The van der Waals surface area contributed by atoms with Crippen LogP contribution in [0.5, 0.6) is 0 Å². The second-order valence-electron chi connectivity index (χ2n) is 2.49. The Balaban J connectivity index is 2.55. The topological polar surface area (TPSA) is 38.9 Å². The number of benzene rings is 1. The molecule has 14 heavy (non-hydrogen) atoms. The molecule has 3 nitrogen and oxygen atoms in total. The van der Waals surface area contributed by atoms with Gasteiger partial charge in [-0.2, -0.15) is 4.98 Å². The summed E-state index contributed by atoms with van der Waals surface area (Å²) < 4.78 is 19.4. The molecule has 0 saturated carbocycles. The van der Waals surface area contributed by atoms with E-state index >= 15 is 0 Å². The van der Waals surface area contributed by atoms with Crippen molar-refractivity contribution in [2.75, 3.05) is 0 Å². The van der Waals surface area contributed by atoms with Crippen molar-refractivity contribution in [2.45, 2.75) is 0 Å². The van der Waals surface area contributed by atoms with Gasteiger partial charge in [-0.3, -0.25) is 0 Å². The molecule has 1 heterocycles. The van der Waals surface area contributed by atoms with Gasteiger partial charge in [0.1, 0.15) is 5.82 Å². The van der Waals surface area contributed by atoms with Crippen molar-refractivity contribution in [2.24, 2.45) is 0 Å². The summed E-state index contributed by atoms with van der Waals surface area (Å²) in [6.07, 6.45) is 0. The summed E-state index contributed by atoms with van der Waals surface area (Å²) in [5.41, 5.74) is 0.301. The van der Waals surface area contributed by atoms with Crippen LogP contribution >= 0.6 is 38.5 Å². The molecule has 1 aromatic heterocycles. The van der Waals surface area contributed by atoms with Gasteiger partial charge < -0.3 is 4.52 Å². The van der Waals surface area contributed by atoms with Crippen molar-refractivity contribution in [1.29, 1.82) is 0 Å². The molecule has 0 amide bonds. The van der Waals surface area contributed by atoms with Crippen LogP contribution in [0.4, 0.5) is 4.39 Å². The fourth-order valence-corrected chi connectivity index (χ4v) is 1.65. The van der Waals surface area contributed by atoms with Crippen LogP contribution in [0, 0.1) is 9.65 Å². The van der Waals surface area contributed by atoms with Gasteiger partial charge in [-0.15, -0.1) is 0 Å². The van der Waals surface area contributed by atoms with Gasteiger partial charge in [-0.05, 0) is 18.2 Å². The average Bonchev–Trinajstić information content (AvgIpc) is 2.56. The second-order valence-corrected chi connectivity index (χ2v) is 4.37. The van der Waals surface area contributed by atoms with E-state index in [9.17, 15) is 4.39 Å². The summed E-state index contributed by atoms with van der Waals surface area (Å²) in [7, 11) is 0. The predicted molar refractivity (Wildman–Crippen MR) is 60.1 cm³/mol. The van der Waals surface area contributed by atoms with Crippen LogP contribution in [0.25, 0.3) is 11.5 Å². The molecular formula is C8H3BrFIN2O. The van der Waals surface area contributed by atoms with E-state index in [2.05, 4.69) is 26.1 Å². The molecule has 1 aromatic carbocycles.